The molecule has 0 fully saturated rings. The topological polar surface area (TPSA) is 93.2 Å². The molecule has 0 aliphatic heterocycles. The number of nitrogens with zero attached hydrogens (tertiary/aromatic N) is 3. The SMILES string of the molecule is O=[N+]([O-])c1cnn(CC(O)CNCC(F)(F)F)c1. The predicted molar refractivity (Wildman–Crippen MR) is 53.8 cm³/mol. The van der Waals surface area contributed by atoms with Crippen molar-refractivity contribution < 1.29 is 23.2 Å². The summed E-state index contributed by atoms with van der Waals surface area (Å²) in [5, 5.41) is 25.3. The third-order valence-corrected chi connectivity index (χ3v) is 1.93. The molecule has 102 valence electrons. The Hall–Kier alpha value is -1.68. The first-order chi connectivity index (χ1) is 8.28. The lowest BCUT2D eigenvalue weighted by Gasteiger charge is -2.12. The van der Waals surface area contributed by atoms with E-state index in [1.807, 2.05) is 5.32 Å². The fraction of sp³-hybridized carbons (Fsp3) is 0.625. The Balaban J connectivity index is 2.35. The Morgan fingerprint density at radius 3 is 2.78 bits per heavy atom. The van der Waals surface area contributed by atoms with E-state index in [1.165, 1.54) is 0 Å². The molecule has 0 spiro atoms. The van der Waals surface area contributed by atoms with Crippen molar-refractivity contribution in [2.45, 2.75) is 18.8 Å². The first kappa shape index (κ1) is 14.4. The minimum atomic E-state index is -4.34. The largest absolute Gasteiger partial charge is 0.401 e. The van der Waals surface area contributed by atoms with Crippen molar-refractivity contribution in [3.8, 4) is 0 Å². The van der Waals surface area contributed by atoms with Crippen molar-refractivity contribution in [3.05, 3.63) is 22.5 Å². The number of hydrogen-bond donors (Lipinski definition) is 2. The van der Waals surface area contributed by atoms with Crippen LogP contribution in [0.2, 0.25) is 0 Å². The second-order valence-corrected chi connectivity index (χ2v) is 3.58. The summed E-state index contributed by atoms with van der Waals surface area (Å²) < 4.78 is 36.5. The number of aromatic nitrogens is 2. The third-order valence-electron chi connectivity index (χ3n) is 1.93. The van der Waals surface area contributed by atoms with Gasteiger partial charge in [0.2, 0.25) is 0 Å². The van der Waals surface area contributed by atoms with Crippen molar-refractivity contribution in [2.24, 2.45) is 0 Å². The van der Waals surface area contributed by atoms with Gasteiger partial charge in [0.05, 0.1) is 24.1 Å². The highest BCUT2D eigenvalue weighted by atomic mass is 19.4. The Bertz CT molecular complexity index is 407. The number of hydrogen-bond acceptors (Lipinski definition) is 5. The summed E-state index contributed by atoms with van der Waals surface area (Å²) >= 11 is 0. The number of nitrogens with one attached hydrogen (secondary N) is 1. The maximum atomic E-state index is 11.8. The van der Waals surface area contributed by atoms with Crippen LogP contribution in [0.15, 0.2) is 12.4 Å². The van der Waals surface area contributed by atoms with Crippen molar-refractivity contribution in [3.63, 3.8) is 0 Å². The average Bonchev–Trinajstić information content (AvgIpc) is 2.64. The highest BCUT2D eigenvalue weighted by Crippen LogP contribution is 2.12. The highest BCUT2D eigenvalue weighted by Gasteiger charge is 2.26. The summed E-state index contributed by atoms with van der Waals surface area (Å²) in [5.74, 6) is 0. The molecule has 0 saturated heterocycles. The fourth-order valence-corrected chi connectivity index (χ4v) is 1.21. The van der Waals surface area contributed by atoms with Crippen LogP contribution in [0.3, 0.4) is 0 Å². The predicted octanol–water partition coefficient (Wildman–Crippen LogP) is 0.304. The molecule has 1 unspecified atom stereocenters. The molecular weight excluding hydrogens is 257 g/mol. The molecule has 1 rings (SSSR count). The van der Waals surface area contributed by atoms with Crippen LogP contribution >= 0.6 is 0 Å². The monoisotopic (exact) mass is 268 g/mol. The molecule has 0 aromatic carbocycles. The normalized spacial score (nSPS) is 13.6. The van der Waals surface area contributed by atoms with Gasteiger partial charge in [-0.05, 0) is 0 Å². The lowest BCUT2D eigenvalue weighted by molar-refractivity contribution is -0.385. The molecule has 1 atom stereocenters. The minimum Gasteiger partial charge on any atom is -0.390 e. The third kappa shape index (κ3) is 5.10. The van der Waals surface area contributed by atoms with Crippen molar-refractivity contribution in [2.75, 3.05) is 13.1 Å². The molecule has 7 nitrogen and oxygen atoms in total. The van der Waals surface area contributed by atoms with Crippen LogP contribution in [0.1, 0.15) is 0 Å². The van der Waals surface area contributed by atoms with Crippen LogP contribution in [0.25, 0.3) is 0 Å². The van der Waals surface area contributed by atoms with E-state index in [-0.39, 0.29) is 18.8 Å². The molecule has 1 aromatic heterocycles. The van der Waals surface area contributed by atoms with E-state index in [2.05, 4.69) is 5.10 Å². The highest BCUT2D eigenvalue weighted by molar-refractivity contribution is 5.20. The zero-order valence-corrected chi connectivity index (χ0v) is 9.09. The molecule has 1 heterocycles. The van der Waals surface area contributed by atoms with E-state index in [1.54, 1.807) is 0 Å². The van der Waals surface area contributed by atoms with Crippen molar-refractivity contribution >= 4 is 5.69 Å². The van der Waals surface area contributed by atoms with Crippen LogP contribution in [0, 0.1) is 10.1 Å². The number of nitro groups is 1. The molecule has 2 N–H and O–H groups in total. The summed E-state index contributed by atoms with van der Waals surface area (Å²) in [6, 6.07) is 0. The van der Waals surface area contributed by atoms with Crippen LogP contribution in [-0.2, 0) is 6.54 Å². The van der Waals surface area contributed by atoms with Gasteiger partial charge in [0.1, 0.15) is 12.4 Å². The van der Waals surface area contributed by atoms with Gasteiger partial charge in [-0.25, -0.2) is 0 Å². The zero-order chi connectivity index (χ0) is 13.8. The van der Waals surface area contributed by atoms with Gasteiger partial charge in [0.25, 0.3) is 0 Å². The number of aliphatic hydroxyl groups is 1. The van der Waals surface area contributed by atoms with Gasteiger partial charge in [-0.3, -0.25) is 14.8 Å². The zero-order valence-electron chi connectivity index (χ0n) is 9.09. The minimum absolute atomic E-state index is 0.126. The second kappa shape index (κ2) is 5.78. The quantitative estimate of drug-likeness (QED) is 0.572. The number of alkyl halides is 3. The van der Waals surface area contributed by atoms with Crippen molar-refractivity contribution in [1.29, 1.82) is 0 Å². The Morgan fingerprint density at radius 1 is 1.61 bits per heavy atom. The van der Waals surface area contributed by atoms with Gasteiger partial charge in [-0.15, -0.1) is 0 Å². The number of aliphatic hydroxyl groups excluding tert-OH is 1. The smallest absolute Gasteiger partial charge is 0.390 e. The second-order valence-electron chi connectivity index (χ2n) is 3.58. The molecular formula is C8H11F3N4O3. The van der Waals surface area contributed by atoms with E-state index < -0.39 is 23.7 Å². The Kier molecular flexibility index (Phi) is 4.62. The van der Waals surface area contributed by atoms with Gasteiger partial charge in [0, 0.05) is 6.54 Å². The molecule has 0 bridgehead atoms. The van der Waals surface area contributed by atoms with E-state index in [0.29, 0.717) is 0 Å². The van der Waals surface area contributed by atoms with Gasteiger partial charge >= 0.3 is 11.9 Å². The summed E-state index contributed by atoms with van der Waals surface area (Å²) in [5.41, 5.74) is -0.245. The molecule has 18 heavy (non-hydrogen) atoms. The van der Waals surface area contributed by atoms with E-state index in [9.17, 15) is 28.4 Å². The first-order valence-electron chi connectivity index (χ1n) is 4.90. The Morgan fingerprint density at radius 2 is 2.28 bits per heavy atom. The van der Waals surface area contributed by atoms with E-state index in [0.717, 1.165) is 17.1 Å². The summed E-state index contributed by atoms with van der Waals surface area (Å²) in [6.45, 7) is -1.62. The van der Waals surface area contributed by atoms with E-state index >= 15 is 0 Å². The fourth-order valence-electron chi connectivity index (χ4n) is 1.21. The van der Waals surface area contributed by atoms with Crippen LogP contribution in [0.4, 0.5) is 18.9 Å². The van der Waals surface area contributed by atoms with E-state index in [4.69, 9.17) is 0 Å². The standard InChI is InChI=1S/C8H11F3N4O3/c9-8(10,11)5-12-2-7(16)4-14-3-6(1-13-14)15(17)18/h1,3,7,12,16H,2,4-5H2. The maximum absolute atomic E-state index is 11.8. The van der Waals surface area contributed by atoms with Crippen LogP contribution in [0.5, 0.6) is 0 Å². The van der Waals surface area contributed by atoms with Gasteiger partial charge in [0.15, 0.2) is 0 Å². The number of rotatable bonds is 6. The Labute approximate surface area is 99.4 Å². The van der Waals surface area contributed by atoms with Gasteiger partial charge < -0.3 is 10.4 Å². The molecule has 10 heteroatoms. The van der Waals surface area contributed by atoms with Gasteiger partial charge in [-0.1, -0.05) is 0 Å². The lowest BCUT2D eigenvalue weighted by Crippen LogP contribution is -2.36. The molecule has 0 saturated carbocycles. The molecule has 0 aliphatic carbocycles. The average molecular weight is 268 g/mol. The summed E-state index contributed by atoms with van der Waals surface area (Å²) in [7, 11) is 0. The molecule has 0 radical (unpaired) electrons. The summed E-state index contributed by atoms with van der Waals surface area (Å²) in [4.78, 5) is 9.68. The maximum Gasteiger partial charge on any atom is 0.401 e. The first-order valence-corrected chi connectivity index (χ1v) is 4.90. The van der Waals surface area contributed by atoms with Crippen LogP contribution in [-0.4, -0.2) is 45.2 Å². The lowest BCUT2D eigenvalue weighted by atomic mass is 10.3. The summed E-state index contributed by atoms with van der Waals surface area (Å²) in [6.07, 6.45) is -3.38. The van der Waals surface area contributed by atoms with Crippen molar-refractivity contribution in [1.82, 2.24) is 15.1 Å². The number of halogens is 3. The van der Waals surface area contributed by atoms with Crippen LogP contribution < -0.4 is 5.32 Å². The molecule has 0 aliphatic rings. The van der Waals surface area contributed by atoms with Gasteiger partial charge in [-0.2, -0.15) is 18.3 Å². The molecule has 0 amide bonds. The molecule has 1 aromatic rings.